The van der Waals surface area contributed by atoms with Crippen LogP contribution in [0, 0.1) is 0 Å². The molecule has 0 radical (unpaired) electrons. The average molecular weight is 482 g/mol. The second-order valence-electron chi connectivity index (χ2n) is 8.90. The molecule has 1 aromatic heterocycles. The third kappa shape index (κ3) is 4.93. The smallest absolute Gasteiger partial charge is 0.244 e. The van der Waals surface area contributed by atoms with Crippen LogP contribution >= 0.6 is 0 Å². The SMILES string of the molecule is CCN(CC)CCC(=O)N1N=C(c2ccco2)C[C@@H]1C1=N[C@@H](c2ccccc2)N=C1c1ccccc1. The molecule has 1 amide bonds. The molecular weight excluding hydrogens is 450 g/mol. The number of hydrogen-bond donors (Lipinski definition) is 0. The lowest BCUT2D eigenvalue weighted by atomic mass is 9.96. The number of rotatable bonds is 9. The van der Waals surface area contributed by atoms with Crippen LogP contribution in [0.2, 0.25) is 0 Å². The quantitative estimate of drug-likeness (QED) is 0.434. The van der Waals surface area contributed by atoms with Crippen LogP contribution in [0.1, 0.15) is 49.7 Å². The number of carbonyl (C=O) groups is 1. The minimum absolute atomic E-state index is 0.0215. The lowest BCUT2D eigenvalue weighted by Crippen LogP contribution is -2.42. The summed E-state index contributed by atoms with van der Waals surface area (Å²) in [4.78, 5) is 25.9. The molecule has 0 saturated heterocycles. The second-order valence-corrected chi connectivity index (χ2v) is 8.90. The summed E-state index contributed by atoms with van der Waals surface area (Å²) in [5.41, 5.74) is 4.35. The summed E-state index contributed by atoms with van der Waals surface area (Å²) in [6, 6.07) is 23.5. The van der Waals surface area contributed by atoms with Crippen molar-refractivity contribution in [1.29, 1.82) is 0 Å². The van der Waals surface area contributed by atoms with Gasteiger partial charge in [0.2, 0.25) is 5.91 Å². The van der Waals surface area contributed by atoms with Crippen LogP contribution in [0.4, 0.5) is 0 Å². The van der Waals surface area contributed by atoms with Gasteiger partial charge in [0.1, 0.15) is 17.5 Å². The fourth-order valence-corrected chi connectivity index (χ4v) is 4.70. The molecule has 0 saturated carbocycles. The van der Waals surface area contributed by atoms with Gasteiger partial charge < -0.3 is 9.32 Å². The molecule has 0 unspecified atom stereocenters. The first-order valence-corrected chi connectivity index (χ1v) is 12.6. The molecule has 184 valence electrons. The van der Waals surface area contributed by atoms with E-state index in [1.54, 1.807) is 11.3 Å². The Balaban J connectivity index is 1.51. The second kappa shape index (κ2) is 10.8. The summed E-state index contributed by atoms with van der Waals surface area (Å²) in [5.74, 6) is 0.655. The Morgan fingerprint density at radius 2 is 1.69 bits per heavy atom. The largest absolute Gasteiger partial charge is 0.463 e. The third-order valence-corrected chi connectivity index (χ3v) is 6.72. The van der Waals surface area contributed by atoms with Gasteiger partial charge in [0.15, 0.2) is 6.17 Å². The van der Waals surface area contributed by atoms with E-state index >= 15 is 0 Å². The molecule has 36 heavy (non-hydrogen) atoms. The van der Waals surface area contributed by atoms with E-state index in [9.17, 15) is 4.79 Å². The van der Waals surface area contributed by atoms with E-state index in [1.807, 2.05) is 72.8 Å². The molecule has 0 spiro atoms. The highest BCUT2D eigenvalue weighted by molar-refractivity contribution is 6.51. The van der Waals surface area contributed by atoms with E-state index in [1.165, 1.54) is 0 Å². The molecule has 7 heteroatoms. The van der Waals surface area contributed by atoms with E-state index < -0.39 is 0 Å². The van der Waals surface area contributed by atoms with E-state index in [4.69, 9.17) is 19.5 Å². The minimum Gasteiger partial charge on any atom is -0.463 e. The standard InChI is InChI=1S/C29H31N5O2/c1-3-33(4-2)18-17-26(35)34-24(20-23(32-34)25-16-11-19-36-25)28-27(21-12-7-5-8-13-21)30-29(31-28)22-14-9-6-10-15-22/h5-16,19,24,29H,3-4,17-18,20H2,1-2H3/t24-,29+/m1/s1. The molecule has 2 aromatic carbocycles. The Bertz CT molecular complexity index is 1260. The van der Waals surface area contributed by atoms with Crippen LogP contribution in [0.5, 0.6) is 0 Å². The van der Waals surface area contributed by atoms with Gasteiger partial charge in [-0.15, -0.1) is 0 Å². The first-order valence-electron chi connectivity index (χ1n) is 12.6. The Morgan fingerprint density at radius 1 is 0.972 bits per heavy atom. The molecular formula is C29H31N5O2. The number of nitrogens with zero attached hydrogens (tertiary/aromatic N) is 5. The molecule has 2 aliphatic heterocycles. The maximum Gasteiger partial charge on any atom is 0.244 e. The highest BCUT2D eigenvalue weighted by Crippen LogP contribution is 2.32. The molecule has 2 aliphatic rings. The van der Waals surface area contributed by atoms with Crippen molar-refractivity contribution in [2.24, 2.45) is 15.1 Å². The van der Waals surface area contributed by atoms with E-state index in [-0.39, 0.29) is 18.1 Å². The number of hydrogen-bond acceptors (Lipinski definition) is 6. The maximum atomic E-state index is 13.5. The summed E-state index contributed by atoms with van der Waals surface area (Å²) < 4.78 is 5.64. The van der Waals surface area contributed by atoms with Crippen LogP contribution in [0.3, 0.4) is 0 Å². The summed E-state index contributed by atoms with van der Waals surface area (Å²) in [6.07, 6.45) is 2.20. The van der Waals surface area contributed by atoms with Gasteiger partial charge in [-0.1, -0.05) is 74.5 Å². The molecule has 7 nitrogen and oxygen atoms in total. The number of amides is 1. The monoisotopic (exact) mass is 481 g/mol. The normalized spacial score (nSPS) is 19.4. The Kier molecular flexibility index (Phi) is 7.18. The highest BCUT2D eigenvalue weighted by Gasteiger charge is 2.40. The van der Waals surface area contributed by atoms with Gasteiger partial charge in [0.05, 0.1) is 17.7 Å². The number of hydrazone groups is 1. The summed E-state index contributed by atoms with van der Waals surface area (Å²) in [5, 5.41) is 6.38. The van der Waals surface area contributed by atoms with Crippen molar-refractivity contribution in [3.8, 4) is 0 Å². The van der Waals surface area contributed by atoms with Crippen molar-refractivity contribution in [3.63, 3.8) is 0 Å². The highest BCUT2D eigenvalue weighted by atomic mass is 16.3. The van der Waals surface area contributed by atoms with Crippen molar-refractivity contribution in [2.75, 3.05) is 19.6 Å². The van der Waals surface area contributed by atoms with Crippen molar-refractivity contribution in [2.45, 2.75) is 38.9 Å². The van der Waals surface area contributed by atoms with E-state index in [0.717, 1.165) is 41.4 Å². The van der Waals surface area contributed by atoms with Gasteiger partial charge in [-0.2, -0.15) is 5.10 Å². The topological polar surface area (TPSA) is 73.8 Å². The fourth-order valence-electron chi connectivity index (χ4n) is 4.70. The van der Waals surface area contributed by atoms with Gasteiger partial charge >= 0.3 is 0 Å². The molecule has 0 fully saturated rings. The summed E-state index contributed by atoms with van der Waals surface area (Å²) in [6.45, 7) is 6.73. The van der Waals surface area contributed by atoms with Crippen molar-refractivity contribution in [1.82, 2.24) is 9.91 Å². The number of aliphatic imine (C=N–C) groups is 2. The zero-order valence-corrected chi connectivity index (χ0v) is 20.7. The minimum atomic E-state index is -0.350. The van der Waals surface area contributed by atoms with Gasteiger partial charge in [0, 0.05) is 24.9 Å². The Morgan fingerprint density at radius 3 is 2.36 bits per heavy atom. The molecule has 5 rings (SSSR count). The first-order chi connectivity index (χ1) is 17.7. The Hall–Kier alpha value is -3.84. The zero-order chi connectivity index (χ0) is 24.9. The first kappa shape index (κ1) is 23.9. The van der Waals surface area contributed by atoms with Gasteiger partial charge in [-0.05, 0) is 30.8 Å². The fraction of sp³-hybridized carbons (Fsp3) is 0.310. The summed E-state index contributed by atoms with van der Waals surface area (Å²) in [7, 11) is 0. The lowest BCUT2D eigenvalue weighted by Gasteiger charge is -2.24. The van der Waals surface area contributed by atoms with Crippen molar-refractivity contribution >= 4 is 23.0 Å². The predicted molar refractivity (Wildman–Crippen MR) is 142 cm³/mol. The zero-order valence-electron chi connectivity index (χ0n) is 20.7. The van der Waals surface area contributed by atoms with Gasteiger partial charge in [-0.3, -0.25) is 14.8 Å². The van der Waals surface area contributed by atoms with Crippen LogP contribution in [0.25, 0.3) is 0 Å². The van der Waals surface area contributed by atoms with Crippen LogP contribution in [0.15, 0.2) is 98.6 Å². The van der Waals surface area contributed by atoms with Gasteiger partial charge in [0.25, 0.3) is 0 Å². The third-order valence-electron chi connectivity index (χ3n) is 6.72. The summed E-state index contributed by atoms with van der Waals surface area (Å²) >= 11 is 0. The molecule has 3 aromatic rings. The number of carbonyl (C=O) groups excluding carboxylic acids is 1. The van der Waals surface area contributed by atoms with Crippen LogP contribution in [-0.2, 0) is 4.79 Å². The van der Waals surface area contributed by atoms with Crippen LogP contribution in [-0.4, -0.2) is 58.6 Å². The molecule has 0 aliphatic carbocycles. The van der Waals surface area contributed by atoms with Crippen LogP contribution < -0.4 is 0 Å². The van der Waals surface area contributed by atoms with Crippen molar-refractivity contribution in [3.05, 3.63) is 95.9 Å². The number of benzene rings is 2. The molecule has 0 bridgehead atoms. The van der Waals surface area contributed by atoms with E-state index in [0.29, 0.717) is 25.1 Å². The van der Waals surface area contributed by atoms with E-state index in [2.05, 4.69) is 18.7 Å². The van der Waals surface area contributed by atoms with Gasteiger partial charge in [-0.25, -0.2) is 5.01 Å². The Labute approximate surface area is 211 Å². The average Bonchev–Trinajstić information content (AvgIpc) is 3.69. The predicted octanol–water partition coefficient (Wildman–Crippen LogP) is 4.96. The molecule has 0 N–H and O–H groups in total. The number of furan rings is 1. The lowest BCUT2D eigenvalue weighted by molar-refractivity contribution is -0.132. The maximum absolute atomic E-state index is 13.5. The molecule has 2 atom stereocenters. The molecule has 3 heterocycles. The van der Waals surface area contributed by atoms with Crippen molar-refractivity contribution < 1.29 is 9.21 Å².